The van der Waals surface area contributed by atoms with E-state index in [2.05, 4.69) is 15.5 Å². The van der Waals surface area contributed by atoms with Crippen molar-refractivity contribution >= 4 is 29.3 Å². The second-order valence-electron chi connectivity index (χ2n) is 3.05. The molecule has 8 heteroatoms. The van der Waals surface area contributed by atoms with E-state index in [0.29, 0.717) is 10.8 Å². The van der Waals surface area contributed by atoms with Gasteiger partial charge in [-0.2, -0.15) is 4.68 Å². The molecule has 0 saturated carbocycles. The van der Waals surface area contributed by atoms with Crippen molar-refractivity contribution < 1.29 is 9.90 Å². The summed E-state index contributed by atoms with van der Waals surface area (Å²) in [4.78, 5) is 10.9. The van der Waals surface area contributed by atoms with Crippen LogP contribution in [0.15, 0.2) is 23.4 Å². The summed E-state index contributed by atoms with van der Waals surface area (Å²) in [7, 11) is 0. The van der Waals surface area contributed by atoms with Gasteiger partial charge in [0.25, 0.3) is 0 Å². The zero-order valence-corrected chi connectivity index (χ0v) is 10.2. The van der Waals surface area contributed by atoms with Crippen molar-refractivity contribution in [3.05, 3.63) is 28.8 Å². The van der Waals surface area contributed by atoms with Gasteiger partial charge in [0.05, 0.1) is 16.3 Å². The Kier molecular flexibility index (Phi) is 3.30. The van der Waals surface area contributed by atoms with E-state index in [4.69, 9.17) is 16.7 Å². The van der Waals surface area contributed by atoms with Crippen LogP contribution in [0, 0.1) is 0 Å². The zero-order valence-electron chi connectivity index (χ0n) is 8.66. The van der Waals surface area contributed by atoms with Crippen molar-refractivity contribution in [3.8, 4) is 5.69 Å². The lowest BCUT2D eigenvalue weighted by molar-refractivity contribution is 0.0697. The number of nitrogens with zero attached hydrogens (tertiary/aromatic N) is 4. The number of thioether (sulfide) groups is 1. The first-order chi connectivity index (χ1) is 8.13. The standard InChI is InChI=1S/C9H7ClN4O2S/c1-17-9-11-12-13-14(9)5-2-3-7(10)6(4-5)8(15)16/h2-4H,1H3,(H,15,16). The number of benzene rings is 1. The molecule has 0 fully saturated rings. The minimum absolute atomic E-state index is 0.0201. The maximum Gasteiger partial charge on any atom is 0.337 e. The maximum absolute atomic E-state index is 10.9. The number of carbonyl (C=O) groups is 1. The second kappa shape index (κ2) is 4.72. The molecule has 0 unspecified atom stereocenters. The first-order valence-electron chi connectivity index (χ1n) is 4.49. The monoisotopic (exact) mass is 270 g/mol. The third-order valence-corrected chi connectivity index (χ3v) is 3.00. The fraction of sp³-hybridized carbons (Fsp3) is 0.111. The summed E-state index contributed by atoms with van der Waals surface area (Å²) in [5, 5.41) is 20.8. The van der Waals surface area contributed by atoms with Crippen molar-refractivity contribution in [1.29, 1.82) is 0 Å². The molecule has 1 heterocycles. The fourth-order valence-corrected chi connectivity index (χ4v) is 1.91. The number of rotatable bonds is 3. The molecule has 0 radical (unpaired) electrons. The highest BCUT2D eigenvalue weighted by molar-refractivity contribution is 7.98. The number of tetrazole rings is 1. The second-order valence-corrected chi connectivity index (χ2v) is 4.23. The Morgan fingerprint density at radius 1 is 1.53 bits per heavy atom. The number of carboxylic acid groups (broad SMARTS) is 1. The molecule has 0 saturated heterocycles. The van der Waals surface area contributed by atoms with Crippen LogP contribution in [0.1, 0.15) is 10.4 Å². The van der Waals surface area contributed by atoms with Crippen LogP contribution in [0.3, 0.4) is 0 Å². The van der Waals surface area contributed by atoms with Crippen LogP contribution in [-0.2, 0) is 0 Å². The fourth-order valence-electron chi connectivity index (χ4n) is 1.28. The Labute approximate surface area is 106 Å². The lowest BCUT2D eigenvalue weighted by Crippen LogP contribution is -2.03. The molecular formula is C9H7ClN4O2S. The molecule has 0 bridgehead atoms. The summed E-state index contributed by atoms with van der Waals surface area (Å²) in [6, 6.07) is 4.59. The van der Waals surface area contributed by atoms with Gasteiger partial charge in [-0.15, -0.1) is 5.10 Å². The summed E-state index contributed by atoms with van der Waals surface area (Å²) < 4.78 is 1.45. The smallest absolute Gasteiger partial charge is 0.337 e. The predicted octanol–water partition coefficient (Wildman–Crippen LogP) is 1.74. The molecule has 1 aromatic heterocycles. The zero-order chi connectivity index (χ0) is 12.4. The van der Waals surface area contributed by atoms with Crippen molar-refractivity contribution in [1.82, 2.24) is 20.2 Å². The first kappa shape index (κ1) is 11.9. The van der Waals surface area contributed by atoms with E-state index in [1.165, 1.54) is 28.6 Å². The lowest BCUT2D eigenvalue weighted by atomic mass is 10.2. The van der Waals surface area contributed by atoms with E-state index in [1.54, 1.807) is 6.07 Å². The molecule has 0 atom stereocenters. The largest absolute Gasteiger partial charge is 0.478 e. The van der Waals surface area contributed by atoms with Gasteiger partial charge in [-0.1, -0.05) is 23.4 Å². The highest BCUT2D eigenvalue weighted by Gasteiger charge is 2.13. The summed E-state index contributed by atoms with van der Waals surface area (Å²) in [6.07, 6.45) is 1.83. The minimum atomic E-state index is -1.09. The van der Waals surface area contributed by atoms with Crippen LogP contribution in [0.5, 0.6) is 0 Å². The average molecular weight is 271 g/mol. The molecule has 0 amide bonds. The van der Waals surface area contributed by atoms with Gasteiger partial charge in [0.1, 0.15) is 0 Å². The Morgan fingerprint density at radius 2 is 2.29 bits per heavy atom. The van der Waals surface area contributed by atoms with E-state index in [9.17, 15) is 4.79 Å². The molecule has 0 aliphatic rings. The summed E-state index contributed by atoms with van der Waals surface area (Å²) in [6.45, 7) is 0. The van der Waals surface area contributed by atoms with Gasteiger partial charge in [-0.25, -0.2) is 4.79 Å². The highest BCUT2D eigenvalue weighted by atomic mass is 35.5. The van der Waals surface area contributed by atoms with Crippen LogP contribution in [0.25, 0.3) is 5.69 Å². The van der Waals surface area contributed by atoms with Gasteiger partial charge in [-0.05, 0) is 34.9 Å². The molecule has 17 heavy (non-hydrogen) atoms. The van der Waals surface area contributed by atoms with Gasteiger partial charge in [0, 0.05) is 0 Å². The van der Waals surface area contributed by atoms with E-state index >= 15 is 0 Å². The molecule has 88 valence electrons. The molecule has 2 rings (SSSR count). The minimum Gasteiger partial charge on any atom is -0.478 e. The molecule has 0 aliphatic heterocycles. The van der Waals surface area contributed by atoms with Gasteiger partial charge < -0.3 is 5.11 Å². The van der Waals surface area contributed by atoms with Crippen molar-refractivity contribution in [2.45, 2.75) is 5.16 Å². The number of aromatic carboxylic acids is 1. The van der Waals surface area contributed by atoms with Crippen molar-refractivity contribution in [2.75, 3.05) is 6.26 Å². The van der Waals surface area contributed by atoms with Gasteiger partial charge in [0.2, 0.25) is 5.16 Å². The van der Waals surface area contributed by atoms with Crippen molar-refractivity contribution in [2.24, 2.45) is 0 Å². The normalized spacial score (nSPS) is 10.5. The molecule has 6 nitrogen and oxygen atoms in total. The van der Waals surface area contributed by atoms with Crippen LogP contribution < -0.4 is 0 Å². The molecule has 1 N–H and O–H groups in total. The number of hydrogen-bond donors (Lipinski definition) is 1. The number of aromatic nitrogens is 4. The van der Waals surface area contributed by atoms with Gasteiger partial charge in [-0.3, -0.25) is 0 Å². The topological polar surface area (TPSA) is 80.9 Å². The van der Waals surface area contributed by atoms with E-state index in [-0.39, 0.29) is 10.6 Å². The van der Waals surface area contributed by atoms with Crippen molar-refractivity contribution in [3.63, 3.8) is 0 Å². The SMILES string of the molecule is CSc1nnnn1-c1ccc(Cl)c(C(=O)O)c1. The van der Waals surface area contributed by atoms with Crippen LogP contribution in [0.2, 0.25) is 5.02 Å². The number of halogens is 1. The number of carboxylic acids is 1. The number of hydrogen-bond acceptors (Lipinski definition) is 5. The van der Waals surface area contributed by atoms with Gasteiger partial charge >= 0.3 is 5.97 Å². The van der Waals surface area contributed by atoms with E-state index in [0.717, 1.165) is 0 Å². The lowest BCUT2D eigenvalue weighted by Gasteiger charge is -2.04. The Bertz CT molecular complexity index is 572. The average Bonchev–Trinajstić information content (AvgIpc) is 2.77. The Balaban J connectivity index is 2.54. The Hall–Kier alpha value is -1.60. The molecule has 0 aliphatic carbocycles. The van der Waals surface area contributed by atoms with Crippen LogP contribution in [0.4, 0.5) is 0 Å². The van der Waals surface area contributed by atoms with E-state index in [1.807, 2.05) is 6.26 Å². The van der Waals surface area contributed by atoms with Crippen LogP contribution >= 0.6 is 23.4 Å². The summed E-state index contributed by atoms with van der Waals surface area (Å²) in [5.74, 6) is -1.09. The van der Waals surface area contributed by atoms with Gasteiger partial charge in [0.15, 0.2) is 0 Å². The molecule has 1 aromatic carbocycles. The molecule has 0 spiro atoms. The summed E-state index contributed by atoms with van der Waals surface area (Å²) >= 11 is 7.14. The highest BCUT2D eigenvalue weighted by Crippen LogP contribution is 2.21. The van der Waals surface area contributed by atoms with E-state index < -0.39 is 5.97 Å². The third kappa shape index (κ3) is 2.25. The quantitative estimate of drug-likeness (QED) is 0.856. The Morgan fingerprint density at radius 3 is 2.94 bits per heavy atom. The molecular weight excluding hydrogens is 264 g/mol. The third-order valence-electron chi connectivity index (χ3n) is 2.05. The first-order valence-corrected chi connectivity index (χ1v) is 6.09. The van der Waals surface area contributed by atoms with Crippen LogP contribution in [-0.4, -0.2) is 37.5 Å². The summed E-state index contributed by atoms with van der Waals surface area (Å²) in [5.41, 5.74) is 0.577. The predicted molar refractivity (Wildman–Crippen MR) is 62.9 cm³/mol. The maximum atomic E-state index is 10.9. The molecule has 2 aromatic rings.